The first-order valence-corrected chi connectivity index (χ1v) is 8.07. The van der Waals surface area contributed by atoms with Crippen LogP contribution in [0.4, 0.5) is 5.69 Å². The summed E-state index contributed by atoms with van der Waals surface area (Å²) in [6, 6.07) is 12.7. The SMILES string of the molecule is Cc1ccc(NC(=O)COC(=O)c2cc(=O)c3cc(Cl)ccc3o2)cc1. The van der Waals surface area contributed by atoms with Crippen molar-refractivity contribution in [2.45, 2.75) is 6.92 Å². The van der Waals surface area contributed by atoms with Crippen molar-refractivity contribution < 1.29 is 18.7 Å². The van der Waals surface area contributed by atoms with E-state index in [0.29, 0.717) is 10.7 Å². The molecule has 3 aromatic rings. The van der Waals surface area contributed by atoms with Gasteiger partial charge in [-0.1, -0.05) is 29.3 Å². The molecule has 3 rings (SSSR count). The molecule has 0 aliphatic carbocycles. The highest BCUT2D eigenvalue weighted by Gasteiger charge is 2.15. The van der Waals surface area contributed by atoms with Crippen LogP contribution in [0.2, 0.25) is 5.02 Å². The molecule has 1 amide bonds. The standard InChI is InChI=1S/C19H14ClNO5/c1-11-2-5-13(6-3-11)21-18(23)10-25-19(24)17-9-15(22)14-8-12(20)4-7-16(14)26-17/h2-9H,10H2,1H3,(H,21,23). The molecule has 1 heterocycles. The van der Waals surface area contributed by atoms with Crippen LogP contribution in [0.3, 0.4) is 0 Å². The third-order valence-electron chi connectivity index (χ3n) is 3.56. The van der Waals surface area contributed by atoms with E-state index in [1.54, 1.807) is 12.1 Å². The highest BCUT2D eigenvalue weighted by molar-refractivity contribution is 6.31. The van der Waals surface area contributed by atoms with Crippen molar-refractivity contribution in [3.05, 3.63) is 75.1 Å². The van der Waals surface area contributed by atoms with E-state index in [2.05, 4.69) is 5.32 Å². The van der Waals surface area contributed by atoms with Gasteiger partial charge >= 0.3 is 5.97 Å². The predicted octanol–water partition coefficient (Wildman–Crippen LogP) is 3.55. The van der Waals surface area contributed by atoms with E-state index in [9.17, 15) is 14.4 Å². The number of benzene rings is 2. The van der Waals surface area contributed by atoms with Crippen LogP contribution in [0.25, 0.3) is 11.0 Å². The molecule has 0 unspecified atom stereocenters. The summed E-state index contributed by atoms with van der Waals surface area (Å²) < 4.78 is 10.3. The molecule has 0 aliphatic heterocycles. The number of carbonyl (C=O) groups excluding carboxylic acids is 2. The van der Waals surface area contributed by atoms with Crippen molar-refractivity contribution in [2.75, 3.05) is 11.9 Å². The highest BCUT2D eigenvalue weighted by atomic mass is 35.5. The van der Waals surface area contributed by atoms with Crippen LogP contribution in [-0.2, 0) is 9.53 Å². The molecule has 0 spiro atoms. The number of fused-ring (bicyclic) bond motifs is 1. The number of ether oxygens (including phenoxy) is 1. The number of nitrogens with one attached hydrogen (secondary N) is 1. The van der Waals surface area contributed by atoms with Crippen molar-refractivity contribution >= 4 is 40.1 Å². The van der Waals surface area contributed by atoms with Crippen LogP contribution in [0.1, 0.15) is 16.1 Å². The van der Waals surface area contributed by atoms with E-state index in [1.165, 1.54) is 18.2 Å². The first kappa shape index (κ1) is 17.7. The summed E-state index contributed by atoms with van der Waals surface area (Å²) in [7, 11) is 0. The molecule has 0 aliphatic rings. The Hall–Kier alpha value is -3.12. The molecule has 2 aromatic carbocycles. The number of esters is 1. The molecule has 1 N–H and O–H groups in total. The Labute approximate surface area is 153 Å². The molecular weight excluding hydrogens is 358 g/mol. The van der Waals surface area contributed by atoms with Crippen molar-refractivity contribution in [3.8, 4) is 0 Å². The van der Waals surface area contributed by atoms with Gasteiger partial charge in [-0.3, -0.25) is 9.59 Å². The lowest BCUT2D eigenvalue weighted by Crippen LogP contribution is -2.21. The normalized spacial score (nSPS) is 10.5. The molecule has 0 radical (unpaired) electrons. The smallest absolute Gasteiger partial charge is 0.374 e. The minimum absolute atomic E-state index is 0.206. The quantitative estimate of drug-likeness (QED) is 0.709. The van der Waals surface area contributed by atoms with Crippen molar-refractivity contribution in [3.63, 3.8) is 0 Å². The summed E-state index contributed by atoms with van der Waals surface area (Å²) in [5.41, 5.74) is 1.43. The monoisotopic (exact) mass is 371 g/mol. The molecule has 6 nitrogen and oxygen atoms in total. The second kappa shape index (κ2) is 7.41. The Bertz CT molecular complexity index is 1040. The number of halogens is 1. The zero-order valence-corrected chi connectivity index (χ0v) is 14.5. The average Bonchev–Trinajstić information content (AvgIpc) is 2.62. The van der Waals surface area contributed by atoms with E-state index in [0.717, 1.165) is 11.6 Å². The third kappa shape index (κ3) is 4.10. The van der Waals surface area contributed by atoms with Crippen LogP contribution in [0.15, 0.2) is 57.7 Å². The maximum Gasteiger partial charge on any atom is 0.374 e. The van der Waals surface area contributed by atoms with Gasteiger partial charge in [0.05, 0.1) is 5.39 Å². The van der Waals surface area contributed by atoms with Gasteiger partial charge in [-0.25, -0.2) is 4.79 Å². The average molecular weight is 372 g/mol. The first-order chi connectivity index (χ1) is 12.4. The maximum absolute atomic E-state index is 12.1. The van der Waals surface area contributed by atoms with Gasteiger partial charge in [0, 0.05) is 16.8 Å². The van der Waals surface area contributed by atoms with Crippen LogP contribution in [0, 0.1) is 6.92 Å². The molecule has 26 heavy (non-hydrogen) atoms. The van der Waals surface area contributed by atoms with E-state index < -0.39 is 23.9 Å². The summed E-state index contributed by atoms with van der Waals surface area (Å²) in [4.78, 5) is 36.0. The third-order valence-corrected chi connectivity index (χ3v) is 3.80. The van der Waals surface area contributed by atoms with Crippen molar-refractivity contribution in [1.82, 2.24) is 0 Å². The molecule has 0 saturated heterocycles. The number of hydrogen-bond acceptors (Lipinski definition) is 5. The summed E-state index contributed by atoms with van der Waals surface area (Å²) in [5.74, 6) is -1.69. The van der Waals surface area contributed by atoms with Gasteiger partial charge in [0.1, 0.15) is 5.58 Å². The van der Waals surface area contributed by atoms with Crippen LogP contribution in [0.5, 0.6) is 0 Å². The van der Waals surface area contributed by atoms with Gasteiger partial charge in [-0.05, 0) is 37.3 Å². The van der Waals surface area contributed by atoms with E-state index >= 15 is 0 Å². The number of carbonyl (C=O) groups is 2. The van der Waals surface area contributed by atoms with Gasteiger partial charge in [0.2, 0.25) is 5.76 Å². The fourth-order valence-electron chi connectivity index (χ4n) is 2.27. The number of amides is 1. The lowest BCUT2D eigenvalue weighted by Gasteiger charge is -2.07. The maximum atomic E-state index is 12.1. The Balaban J connectivity index is 1.67. The number of rotatable bonds is 4. The van der Waals surface area contributed by atoms with Crippen LogP contribution >= 0.6 is 11.6 Å². The minimum atomic E-state index is -0.905. The van der Waals surface area contributed by atoms with Gasteiger partial charge in [0.25, 0.3) is 5.91 Å². The molecule has 0 atom stereocenters. The molecular formula is C19H14ClNO5. The molecule has 0 saturated carbocycles. The van der Waals surface area contributed by atoms with Crippen molar-refractivity contribution in [2.24, 2.45) is 0 Å². The van der Waals surface area contributed by atoms with Gasteiger partial charge < -0.3 is 14.5 Å². The lowest BCUT2D eigenvalue weighted by atomic mass is 10.2. The molecule has 0 bridgehead atoms. The predicted molar refractivity (Wildman–Crippen MR) is 97.6 cm³/mol. The fraction of sp³-hybridized carbons (Fsp3) is 0.105. The van der Waals surface area contributed by atoms with E-state index in [-0.39, 0.29) is 16.7 Å². The van der Waals surface area contributed by atoms with Crippen LogP contribution < -0.4 is 10.7 Å². The molecule has 1 aromatic heterocycles. The lowest BCUT2D eigenvalue weighted by molar-refractivity contribution is -0.119. The largest absolute Gasteiger partial charge is 0.450 e. The second-order valence-corrected chi connectivity index (χ2v) is 6.04. The zero-order chi connectivity index (χ0) is 18.7. The van der Waals surface area contributed by atoms with E-state index in [1.807, 2.05) is 19.1 Å². The molecule has 0 fully saturated rings. The Kier molecular flexibility index (Phi) is 5.04. The Morgan fingerprint density at radius 3 is 2.58 bits per heavy atom. The van der Waals surface area contributed by atoms with Crippen LogP contribution in [-0.4, -0.2) is 18.5 Å². The van der Waals surface area contributed by atoms with Crippen molar-refractivity contribution in [1.29, 1.82) is 0 Å². The second-order valence-electron chi connectivity index (χ2n) is 5.61. The first-order valence-electron chi connectivity index (χ1n) is 7.69. The topological polar surface area (TPSA) is 85.6 Å². The summed E-state index contributed by atoms with van der Waals surface area (Å²) in [6.07, 6.45) is 0. The highest BCUT2D eigenvalue weighted by Crippen LogP contribution is 2.18. The Morgan fingerprint density at radius 2 is 1.85 bits per heavy atom. The van der Waals surface area contributed by atoms with Gasteiger partial charge in [-0.2, -0.15) is 0 Å². The minimum Gasteiger partial charge on any atom is -0.450 e. The zero-order valence-electron chi connectivity index (χ0n) is 13.7. The molecule has 132 valence electrons. The number of hydrogen-bond donors (Lipinski definition) is 1. The summed E-state index contributed by atoms with van der Waals surface area (Å²) >= 11 is 5.84. The summed E-state index contributed by atoms with van der Waals surface area (Å²) in [6.45, 7) is 1.42. The Morgan fingerprint density at radius 1 is 1.12 bits per heavy atom. The van der Waals surface area contributed by atoms with Gasteiger partial charge in [0.15, 0.2) is 12.0 Å². The van der Waals surface area contributed by atoms with Gasteiger partial charge in [-0.15, -0.1) is 0 Å². The fourth-order valence-corrected chi connectivity index (χ4v) is 2.44. The number of anilines is 1. The number of aryl methyl sites for hydroxylation is 1. The van der Waals surface area contributed by atoms with E-state index in [4.69, 9.17) is 20.8 Å². The summed E-state index contributed by atoms with van der Waals surface area (Å²) in [5, 5.41) is 3.24. The molecule has 7 heteroatoms.